The van der Waals surface area contributed by atoms with Gasteiger partial charge in [0.2, 0.25) is 0 Å². The molecule has 2 atom stereocenters. The highest BCUT2D eigenvalue weighted by Crippen LogP contribution is 2.17. The highest BCUT2D eigenvalue weighted by atomic mass is 16.6. The average molecular weight is 213 g/mol. The molecule has 0 heterocycles. The molecule has 4 heteroatoms. The Morgan fingerprint density at radius 3 is 2.73 bits per heavy atom. The number of esters is 1. The normalized spacial score (nSPS) is 24.8. The van der Waals surface area contributed by atoms with Crippen molar-refractivity contribution in [3.05, 3.63) is 12.2 Å². The maximum absolute atomic E-state index is 11.5. The fourth-order valence-electron chi connectivity index (χ4n) is 1.44. The predicted molar refractivity (Wildman–Crippen MR) is 57.3 cm³/mol. The van der Waals surface area contributed by atoms with Crippen molar-refractivity contribution < 1.29 is 14.3 Å². The monoisotopic (exact) mass is 213 g/mol. The molecule has 15 heavy (non-hydrogen) atoms. The van der Waals surface area contributed by atoms with E-state index in [4.69, 9.17) is 15.2 Å². The first-order valence-corrected chi connectivity index (χ1v) is 5.31. The van der Waals surface area contributed by atoms with Crippen LogP contribution < -0.4 is 5.73 Å². The molecule has 0 amide bonds. The van der Waals surface area contributed by atoms with Crippen LogP contribution in [0, 0.1) is 5.92 Å². The van der Waals surface area contributed by atoms with Gasteiger partial charge in [0.25, 0.3) is 0 Å². The zero-order chi connectivity index (χ0) is 11.3. The largest absolute Gasteiger partial charge is 0.463 e. The van der Waals surface area contributed by atoms with Gasteiger partial charge in [0.1, 0.15) is 6.61 Å². The fraction of sp³-hybridized carbons (Fsp3) is 0.727. The van der Waals surface area contributed by atoms with E-state index in [9.17, 15) is 4.79 Å². The van der Waals surface area contributed by atoms with Crippen molar-refractivity contribution in [1.29, 1.82) is 0 Å². The smallest absolute Gasteiger partial charge is 0.312 e. The van der Waals surface area contributed by atoms with Crippen LogP contribution in [-0.2, 0) is 14.3 Å². The molecule has 4 nitrogen and oxygen atoms in total. The molecule has 0 fully saturated rings. The van der Waals surface area contributed by atoms with Gasteiger partial charge < -0.3 is 15.2 Å². The fourth-order valence-corrected chi connectivity index (χ4v) is 1.44. The number of nitrogens with two attached hydrogens (primary N) is 1. The quantitative estimate of drug-likeness (QED) is 0.418. The van der Waals surface area contributed by atoms with E-state index in [1.54, 1.807) is 0 Å². The molecule has 0 bridgehead atoms. The molecule has 2 N–H and O–H groups in total. The lowest BCUT2D eigenvalue weighted by molar-refractivity contribution is -0.148. The maximum atomic E-state index is 11.5. The maximum Gasteiger partial charge on any atom is 0.312 e. The summed E-state index contributed by atoms with van der Waals surface area (Å²) >= 11 is 0. The van der Waals surface area contributed by atoms with E-state index in [0.717, 1.165) is 0 Å². The summed E-state index contributed by atoms with van der Waals surface area (Å²) in [6.45, 7) is 4.66. The van der Waals surface area contributed by atoms with Gasteiger partial charge in [-0.15, -0.1) is 0 Å². The molecule has 1 aliphatic carbocycles. The third-order valence-electron chi connectivity index (χ3n) is 2.20. The van der Waals surface area contributed by atoms with E-state index in [1.807, 2.05) is 26.0 Å². The molecule has 0 aromatic rings. The van der Waals surface area contributed by atoms with Crippen molar-refractivity contribution in [2.75, 3.05) is 13.2 Å². The molecule has 0 aromatic carbocycles. The van der Waals surface area contributed by atoms with Crippen LogP contribution in [0.1, 0.15) is 20.3 Å². The van der Waals surface area contributed by atoms with Crippen LogP contribution in [0.25, 0.3) is 0 Å². The first-order valence-electron chi connectivity index (χ1n) is 5.31. The Hall–Kier alpha value is -0.870. The Bertz CT molecular complexity index is 238. The number of hydrogen-bond acceptors (Lipinski definition) is 4. The molecular formula is C11H19NO3. The van der Waals surface area contributed by atoms with Crippen molar-refractivity contribution in [3.8, 4) is 0 Å². The number of carbonyl (C=O) groups excluding carboxylic acids is 1. The zero-order valence-electron chi connectivity index (χ0n) is 9.31. The predicted octanol–water partition coefficient (Wildman–Crippen LogP) is 0.858. The molecular weight excluding hydrogens is 194 g/mol. The minimum absolute atomic E-state index is 0.00513. The third-order valence-corrected chi connectivity index (χ3v) is 2.20. The minimum Gasteiger partial charge on any atom is -0.463 e. The van der Waals surface area contributed by atoms with Gasteiger partial charge >= 0.3 is 5.97 Å². The standard InChI is InChI=1S/C11H19NO3/c1-8(2)14-5-6-15-11(13)9-3-4-10(12)7-9/h3-4,8-10H,5-7,12H2,1-2H3. The first-order chi connectivity index (χ1) is 7.09. The summed E-state index contributed by atoms with van der Waals surface area (Å²) in [5.74, 6) is -0.370. The highest BCUT2D eigenvalue weighted by Gasteiger charge is 2.23. The van der Waals surface area contributed by atoms with Gasteiger partial charge in [-0.05, 0) is 20.3 Å². The van der Waals surface area contributed by atoms with E-state index >= 15 is 0 Å². The Balaban J connectivity index is 2.11. The lowest BCUT2D eigenvalue weighted by Gasteiger charge is -2.11. The van der Waals surface area contributed by atoms with E-state index in [-0.39, 0.29) is 24.0 Å². The molecule has 1 aliphatic rings. The van der Waals surface area contributed by atoms with E-state index in [1.165, 1.54) is 0 Å². The Kier molecular flexibility index (Phi) is 4.78. The molecule has 2 unspecified atom stereocenters. The molecule has 0 saturated heterocycles. The zero-order valence-corrected chi connectivity index (χ0v) is 9.31. The van der Waals surface area contributed by atoms with Crippen LogP contribution in [0.2, 0.25) is 0 Å². The molecule has 0 spiro atoms. The first kappa shape index (κ1) is 12.2. The molecule has 0 aromatic heterocycles. The molecule has 0 radical (unpaired) electrons. The summed E-state index contributed by atoms with van der Waals surface area (Å²) < 4.78 is 10.3. The van der Waals surface area contributed by atoms with Gasteiger partial charge in [-0.1, -0.05) is 12.2 Å². The van der Waals surface area contributed by atoms with Crippen molar-refractivity contribution >= 4 is 5.97 Å². The summed E-state index contributed by atoms with van der Waals surface area (Å²) in [5, 5.41) is 0. The van der Waals surface area contributed by atoms with E-state index in [2.05, 4.69) is 0 Å². The Morgan fingerprint density at radius 1 is 1.47 bits per heavy atom. The Morgan fingerprint density at radius 2 is 2.20 bits per heavy atom. The van der Waals surface area contributed by atoms with Crippen molar-refractivity contribution in [2.24, 2.45) is 11.7 Å². The van der Waals surface area contributed by atoms with Gasteiger partial charge in [0, 0.05) is 6.04 Å². The lowest BCUT2D eigenvalue weighted by atomic mass is 10.1. The van der Waals surface area contributed by atoms with Crippen LogP contribution in [0.3, 0.4) is 0 Å². The van der Waals surface area contributed by atoms with Crippen LogP contribution >= 0.6 is 0 Å². The van der Waals surface area contributed by atoms with Crippen molar-refractivity contribution in [2.45, 2.75) is 32.4 Å². The van der Waals surface area contributed by atoms with Crippen LogP contribution in [0.4, 0.5) is 0 Å². The number of carbonyl (C=O) groups is 1. The second-order valence-electron chi connectivity index (χ2n) is 3.98. The third kappa shape index (κ3) is 4.44. The average Bonchev–Trinajstić information content (AvgIpc) is 2.59. The summed E-state index contributed by atoms with van der Waals surface area (Å²) in [5.41, 5.74) is 5.64. The number of ether oxygens (including phenoxy) is 2. The van der Waals surface area contributed by atoms with Crippen LogP contribution in [-0.4, -0.2) is 31.3 Å². The van der Waals surface area contributed by atoms with Crippen LogP contribution in [0.5, 0.6) is 0 Å². The second-order valence-corrected chi connectivity index (χ2v) is 3.98. The van der Waals surface area contributed by atoms with Gasteiger partial charge in [-0.2, -0.15) is 0 Å². The minimum atomic E-state index is -0.202. The number of hydrogen-bond donors (Lipinski definition) is 1. The summed E-state index contributed by atoms with van der Waals surface area (Å²) in [6, 6.07) is -0.00513. The van der Waals surface area contributed by atoms with Gasteiger partial charge in [-0.3, -0.25) is 4.79 Å². The van der Waals surface area contributed by atoms with E-state index in [0.29, 0.717) is 19.6 Å². The summed E-state index contributed by atoms with van der Waals surface area (Å²) in [7, 11) is 0. The molecule has 1 rings (SSSR count). The Labute approximate surface area is 90.4 Å². The summed E-state index contributed by atoms with van der Waals surface area (Å²) in [4.78, 5) is 11.5. The van der Waals surface area contributed by atoms with Gasteiger partial charge in [-0.25, -0.2) is 0 Å². The molecule has 86 valence electrons. The van der Waals surface area contributed by atoms with Gasteiger partial charge in [0.05, 0.1) is 18.6 Å². The topological polar surface area (TPSA) is 61.5 Å². The van der Waals surface area contributed by atoms with Crippen molar-refractivity contribution in [3.63, 3.8) is 0 Å². The van der Waals surface area contributed by atoms with Crippen molar-refractivity contribution in [1.82, 2.24) is 0 Å². The molecule has 0 saturated carbocycles. The number of rotatable bonds is 5. The SMILES string of the molecule is CC(C)OCCOC(=O)C1C=CC(N)C1. The highest BCUT2D eigenvalue weighted by molar-refractivity contribution is 5.75. The lowest BCUT2D eigenvalue weighted by Crippen LogP contribution is -2.22. The second kappa shape index (κ2) is 5.88. The van der Waals surface area contributed by atoms with E-state index < -0.39 is 0 Å². The molecule has 0 aliphatic heterocycles. The van der Waals surface area contributed by atoms with Gasteiger partial charge in [0.15, 0.2) is 0 Å². The van der Waals surface area contributed by atoms with Crippen LogP contribution in [0.15, 0.2) is 12.2 Å². The summed E-state index contributed by atoms with van der Waals surface area (Å²) in [6.07, 6.45) is 4.49.